The maximum Gasteiger partial charge on any atom is 0.280 e. The van der Waals surface area contributed by atoms with E-state index in [-0.39, 0.29) is 46.9 Å². The van der Waals surface area contributed by atoms with Crippen LogP contribution in [0, 0.1) is 5.92 Å². The number of fused-ring (bicyclic) bond motifs is 1. The monoisotopic (exact) mass is 565 g/mol. The second kappa shape index (κ2) is 13.6. The zero-order chi connectivity index (χ0) is 28.7. The lowest BCUT2D eigenvalue weighted by Crippen LogP contribution is -2.47. The van der Waals surface area contributed by atoms with E-state index in [0.717, 1.165) is 19.3 Å². The van der Waals surface area contributed by atoms with Crippen molar-refractivity contribution in [3.05, 3.63) is 36.3 Å². The maximum atomic E-state index is 14.1. The van der Waals surface area contributed by atoms with E-state index in [1.165, 1.54) is 18.6 Å². The largest absolute Gasteiger partial charge is 0.490 e. The van der Waals surface area contributed by atoms with E-state index in [2.05, 4.69) is 14.6 Å². The Hall–Kier alpha value is -2.67. The Balaban J connectivity index is 2.02. The molecule has 39 heavy (non-hydrogen) atoms. The number of likely N-dealkylation sites (N-methyl/N-ethyl adjacent to an activating group) is 1. The van der Waals surface area contributed by atoms with Crippen LogP contribution in [0.1, 0.15) is 50.4 Å². The Bertz CT molecular complexity index is 1200. The van der Waals surface area contributed by atoms with Crippen molar-refractivity contribution in [1.29, 1.82) is 0 Å². The smallest absolute Gasteiger partial charge is 0.280 e. The summed E-state index contributed by atoms with van der Waals surface area (Å²) in [5.74, 6) is -0.0122. The molecular formula is C27H43N5O6S. The van der Waals surface area contributed by atoms with Gasteiger partial charge in [-0.1, -0.05) is 6.92 Å². The molecule has 1 aromatic carbocycles. The molecule has 1 aliphatic heterocycles. The van der Waals surface area contributed by atoms with Crippen LogP contribution >= 0.6 is 0 Å². The number of aliphatic hydroxyl groups is 1. The Labute approximate surface area is 232 Å². The number of nitrogens with zero attached hydrogens (tertiary/aromatic N) is 4. The summed E-state index contributed by atoms with van der Waals surface area (Å²) < 4.78 is 42.4. The molecule has 1 aliphatic rings. The molecule has 0 aliphatic carbocycles. The molecule has 2 heterocycles. The zero-order valence-corrected chi connectivity index (χ0v) is 24.6. The van der Waals surface area contributed by atoms with Crippen molar-refractivity contribution in [3.8, 4) is 5.75 Å². The first-order valence-corrected chi connectivity index (χ1v) is 14.9. The minimum Gasteiger partial charge on any atom is -0.490 e. The Morgan fingerprint density at radius 2 is 2.00 bits per heavy atom. The molecule has 3 rings (SSSR count). The summed E-state index contributed by atoms with van der Waals surface area (Å²) in [6.07, 6.45) is 5.10. The summed E-state index contributed by atoms with van der Waals surface area (Å²) in [7, 11) is 1.69. The number of anilines is 1. The van der Waals surface area contributed by atoms with Gasteiger partial charge in [-0.25, -0.2) is 4.98 Å². The van der Waals surface area contributed by atoms with Crippen LogP contribution in [0.25, 0.3) is 0 Å². The van der Waals surface area contributed by atoms with E-state index in [1.807, 2.05) is 27.9 Å². The van der Waals surface area contributed by atoms with E-state index >= 15 is 0 Å². The molecule has 4 atom stereocenters. The van der Waals surface area contributed by atoms with Crippen molar-refractivity contribution < 1.29 is 27.8 Å². The fraction of sp³-hybridized carbons (Fsp3) is 0.630. The molecule has 1 aromatic heterocycles. The lowest BCUT2D eigenvalue weighted by Gasteiger charge is -2.35. The van der Waals surface area contributed by atoms with Crippen LogP contribution in [0.5, 0.6) is 5.75 Å². The number of nitrogens with one attached hydrogen (secondary N) is 1. The van der Waals surface area contributed by atoms with Gasteiger partial charge < -0.3 is 28.9 Å². The Morgan fingerprint density at radius 3 is 2.64 bits per heavy atom. The standard InChI is InChI=1S/C27H43N5O6S/c1-19-14-32(20(2)17-33)27(34)23-13-22(29-39(35,36)26-16-31(6)18-28-26)10-11-24(23)38-21(3)9-7-8-12-37-25(19)15-30(4)5/h10-11,13,16,18-21,25,29,33H,7-9,12,14-15,17H2,1-6H3/t19-,20+,21-,25-/m1/s1. The van der Waals surface area contributed by atoms with Crippen LogP contribution in [0.15, 0.2) is 35.7 Å². The van der Waals surface area contributed by atoms with Crippen molar-refractivity contribution in [3.63, 3.8) is 0 Å². The summed E-state index contributed by atoms with van der Waals surface area (Å²) in [4.78, 5) is 21.7. The van der Waals surface area contributed by atoms with E-state index in [0.29, 0.717) is 25.4 Å². The van der Waals surface area contributed by atoms with E-state index < -0.39 is 16.1 Å². The van der Waals surface area contributed by atoms with Gasteiger partial charge in [0.1, 0.15) is 5.75 Å². The number of hydrogen-bond acceptors (Lipinski definition) is 8. The number of carbonyl (C=O) groups excluding carboxylic acids is 1. The highest BCUT2D eigenvalue weighted by Crippen LogP contribution is 2.29. The lowest BCUT2D eigenvalue weighted by molar-refractivity contribution is -0.0137. The third-order valence-corrected chi connectivity index (χ3v) is 8.07. The van der Waals surface area contributed by atoms with Crippen molar-refractivity contribution in [1.82, 2.24) is 19.4 Å². The number of aliphatic hydroxyl groups excluding tert-OH is 1. The van der Waals surface area contributed by atoms with Gasteiger partial charge in [-0.2, -0.15) is 8.42 Å². The first kappa shape index (κ1) is 30.9. The Morgan fingerprint density at radius 1 is 1.26 bits per heavy atom. The van der Waals surface area contributed by atoms with E-state index in [9.17, 15) is 18.3 Å². The number of rotatable bonds is 7. The summed E-state index contributed by atoms with van der Waals surface area (Å²) >= 11 is 0. The van der Waals surface area contributed by atoms with Gasteiger partial charge in [0, 0.05) is 44.5 Å². The summed E-state index contributed by atoms with van der Waals surface area (Å²) in [6, 6.07) is 4.21. The molecule has 2 N–H and O–H groups in total. The number of aryl methyl sites for hydroxylation is 1. The normalized spacial score (nSPS) is 22.6. The molecule has 12 heteroatoms. The van der Waals surface area contributed by atoms with Gasteiger partial charge in [-0.15, -0.1) is 0 Å². The molecular weight excluding hydrogens is 522 g/mol. The molecule has 0 spiro atoms. The lowest BCUT2D eigenvalue weighted by atomic mass is 10.0. The average molecular weight is 566 g/mol. The topological polar surface area (TPSA) is 126 Å². The molecule has 0 saturated heterocycles. The number of aromatic nitrogens is 2. The summed E-state index contributed by atoms with van der Waals surface area (Å²) in [6.45, 7) is 7.22. The fourth-order valence-corrected chi connectivity index (χ4v) is 5.58. The second-order valence-corrected chi connectivity index (χ2v) is 12.4. The minimum absolute atomic E-state index is 0.0255. The van der Waals surface area contributed by atoms with Crippen molar-refractivity contribution in [2.75, 3.05) is 45.1 Å². The van der Waals surface area contributed by atoms with Crippen LogP contribution in [0.4, 0.5) is 5.69 Å². The van der Waals surface area contributed by atoms with Gasteiger partial charge in [0.15, 0.2) is 5.03 Å². The SMILES string of the molecule is C[C@@H]1CCCCO[C@H](CN(C)C)[C@H](C)CN([C@@H](C)CO)C(=O)c2cc(NS(=O)(=O)c3cn(C)cn3)ccc2O1. The first-order valence-electron chi connectivity index (χ1n) is 13.4. The second-order valence-electron chi connectivity index (χ2n) is 10.8. The Kier molecular flexibility index (Phi) is 10.8. The number of carbonyl (C=O) groups is 1. The summed E-state index contributed by atoms with van der Waals surface area (Å²) in [5, 5.41) is 9.91. The van der Waals surface area contributed by atoms with Gasteiger partial charge in [0.25, 0.3) is 15.9 Å². The quantitative estimate of drug-likeness (QED) is 0.525. The molecule has 0 unspecified atom stereocenters. The molecule has 11 nitrogen and oxygen atoms in total. The van der Waals surface area contributed by atoms with Crippen LogP contribution in [-0.2, 0) is 21.8 Å². The van der Waals surface area contributed by atoms with Crippen molar-refractivity contribution in [2.24, 2.45) is 13.0 Å². The minimum atomic E-state index is -3.97. The molecule has 218 valence electrons. The van der Waals surface area contributed by atoms with Gasteiger partial charge >= 0.3 is 0 Å². The van der Waals surface area contributed by atoms with Gasteiger partial charge in [-0.05, 0) is 65.4 Å². The van der Waals surface area contributed by atoms with E-state index in [4.69, 9.17) is 9.47 Å². The van der Waals surface area contributed by atoms with E-state index in [1.54, 1.807) is 35.6 Å². The number of hydrogen-bond donors (Lipinski definition) is 2. The van der Waals surface area contributed by atoms with Crippen LogP contribution < -0.4 is 9.46 Å². The number of imidazole rings is 1. The van der Waals surface area contributed by atoms with Crippen LogP contribution in [-0.4, -0.2) is 97.4 Å². The molecule has 0 radical (unpaired) electrons. The maximum absolute atomic E-state index is 14.1. The van der Waals surface area contributed by atoms with Gasteiger partial charge in [-0.3, -0.25) is 9.52 Å². The molecule has 2 aromatic rings. The molecule has 0 fully saturated rings. The van der Waals surface area contributed by atoms with Gasteiger partial charge in [0.05, 0.1) is 36.7 Å². The molecule has 1 amide bonds. The van der Waals surface area contributed by atoms with Crippen LogP contribution in [0.2, 0.25) is 0 Å². The summed E-state index contributed by atoms with van der Waals surface area (Å²) in [5.41, 5.74) is 0.432. The number of amides is 1. The highest BCUT2D eigenvalue weighted by Gasteiger charge is 2.30. The highest BCUT2D eigenvalue weighted by molar-refractivity contribution is 7.92. The zero-order valence-electron chi connectivity index (χ0n) is 23.8. The third kappa shape index (κ3) is 8.41. The number of ether oxygens (including phenoxy) is 2. The fourth-order valence-electron chi connectivity index (χ4n) is 4.54. The van der Waals surface area contributed by atoms with Crippen molar-refractivity contribution >= 4 is 21.6 Å². The number of benzene rings is 1. The molecule has 0 bridgehead atoms. The third-order valence-electron chi connectivity index (χ3n) is 6.81. The highest BCUT2D eigenvalue weighted by atomic mass is 32.2. The molecule has 0 saturated carbocycles. The predicted octanol–water partition coefficient (Wildman–Crippen LogP) is 2.58. The average Bonchev–Trinajstić information content (AvgIpc) is 3.32. The van der Waals surface area contributed by atoms with Gasteiger partial charge in [0.2, 0.25) is 0 Å². The first-order chi connectivity index (χ1) is 18.4. The number of sulfonamides is 1. The van der Waals surface area contributed by atoms with Crippen molar-refractivity contribution in [2.45, 2.75) is 63.3 Å². The van der Waals surface area contributed by atoms with Crippen LogP contribution in [0.3, 0.4) is 0 Å². The predicted molar refractivity (Wildman–Crippen MR) is 149 cm³/mol.